The Kier molecular flexibility index (Phi) is 3.89. The number of benzene rings is 1. The van der Waals surface area contributed by atoms with Crippen LogP contribution in [0.5, 0.6) is 11.5 Å². The van der Waals surface area contributed by atoms with Gasteiger partial charge in [0.15, 0.2) is 11.5 Å². The van der Waals surface area contributed by atoms with E-state index < -0.39 is 0 Å². The first kappa shape index (κ1) is 12.2. The van der Waals surface area contributed by atoms with Gasteiger partial charge in [-0.25, -0.2) is 0 Å². The number of hydrogen-bond acceptors (Lipinski definition) is 3. The predicted molar refractivity (Wildman–Crippen MR) is 66.8 cm³/mol. The largest absolute Gasteiger partial charge is 0.493 e. The third-order valence-electron chi connectivity index (χ3n) is 3.38. The van der Waals surface area contributed by atoms with Crippen LogP contribution in [0.3, 0.4) is 0 Å². The Balaban J connectivity index is 2.15. The van der Waals surface area contributed by atoms with Crippen LogP contribution in [-0.2, 0) is 0 Å². The molecule has 0 saturated heterocycles. The first-order valence-electron chi connectivity index (χ1n) is 6.20. The molecule has 1 aliphatic rings. The van der Waals surface area contributed by atoms with Crippen molar-refractivity contribution >= 4 is 0 Å². The monoisotopic (exact) mass is 236 g/mol. The number of rotatable bonds is 5. The molecule has 0 spiro atoms. The molecule has 1 aromatic rings. The van der Waals surface area contributed by atoms with Crippen molar-refractivity contribution in [3.8, 4) is 11.5 Å². The van der Waals surface area contributed by atoms with Crippen molar-refractivity contribution in [2.24, 2.45) is 0 Å². The van der Waals surface area contributed by atoms with Gasteiger partial charge >= 0.3 is 0 Å². The molecular weight excluding hydrogens is 216 g/mol. The predicted octanol–water partition coefficient (Wildman–Crippen LogP) is 2.72. The molecule has 1 aromatic carbocycles. The molecule has 1 atom stereocenters. The highest BCUT2D eigenvalue weighted by Gasteiger charge is 2.21. The highest BCUT2D eigenvalue weighted by Crippen LogP contribution is 2.34. The average Bonchev–Trinajstić information content (AvgIpc) is 2.32. The van der Waals surface area contributed by atoms with Crippen LogP contribution in [0.15, 0.2) is 18.2 Å². The molecule has 0 aliphatic heterocycles. The highest BCUT2D eigenvalue weighted by molar-refractivity contribution is 5.44. The summed E-state index contributed by atoms with van der Waals surface area (Å²) in [6.07, 6.45) is 3.88. The van der Waals surface area contributed by atoms with E-state index in [1.165, 1.54) is 6.42 Å². The minimum absolute atomic E-state index is 0.127. The molecule has 1 N–H and O–H groups in total. The van der Waals surface area contributed by atoms with Gasteiger partial charge in [-0.2, -0.15) is 0 Å². The SMILES string of the molecule is COc1cc(C(C)CO)ccc1OC1CCC1. The second-order valence-electron chi connectivity index (χ2n) is 4.66. The van der Waals surface area contributed by atoms with Gasteiger partial charge in [-0.05, 0) is 37.0 Å². The Labute approximate surface area is 102 Å². The van der Waals surface area contributed by atoms with E-state index in [0.29, 0.717) is 6.10 Å². The number of methoxy groups -OCH3 is 1. The Hall–Kier alpha value is -1.22. The van der Waals surface area contributed by atoms with Crippen LogP contribution in [0.2, 0.25) is 0 Å². The molecule has 3 nitrogen and oxygen atoms in total. The van der Waals surface area contributed by atoms with Gasteiger partial charge in [0, 0.05) is 12.5 Å². The van der Waals surface area contributed by atoms with Crippen LogP contribution < -0.4 is 9.47 Å². The molecule has 1 aliphatic carbocycles. The zero-order chi connectivity index (χ0) is 12.3. The highest BCUT2D eigenvalue weighted by atomic mass is 16.5. The third kappa shape index (κ3) is 2.72. The van der Waals surface area contributed by atoms with Crippen molar-refractivity contribution < 1.29 is 14.6 Å². The van der Waals surface area contributed by atoms with Crippen LogP contribution in [-0.4, -0.2) is 24.9 Å². The number of ether oxygens (including phenoxy) is 2. The molecule has 0 amide bonds. The van der Waals surface area contributed by atoms with Gasteiger partial charge < -0.3 is 14.6 Å². The maximum Gasteiger partial charge on any atom is 0.161 e. The van der Waals surface area contributed by atoms with Gasteiger partial charge in [0.1, 0.15) is 0 Å². The quantitative estimate of drug-likeness (QED) is 0.854. The summed E-state index contributed by atoms with van der Waals surface area (Å²) in [6, 6.07) is 5.89. The lowest BCUT2D eigenvalue weighted by Crippen LogP contribution is -2.24. The smallest absolute Gasteiger partial charge is 0.161 e. The van der Waals surface area contributed by atoms with Crippen LogP contribution in [0.1, 0.15) is 37.7 Å². The van der Waals surface area contributed by atoms with Crippen LogP contribution >= 0.6 is 0 Å². The molecule has 2 rings (SSSR count). The van der Waals surface area contributed by atoms with E-state index in [-0.39, 0.29) is 12.5 Å². The zero-order valence-corrected chi connectivity index (χ0v) is 10.5. The Morgan fingerprint density at radius 3 is 2.65 bits per heavy atom. The molecule has 0 bridgehead atoms. The van der Waals surface area contributed by atoms with Crippen LogP contribution in [0, 0.1) is 0 Å². The maximum absolute atomic E-state index is 9.14. The lowest BCUT2D eigenvalue weighted by atomic mass is 9.96. The van der Waals surface area contributed by atoms with Gasteiger partial charge in [0.05, 0.1) is 13.2 Å². The Morgan fingerprint density at radius 1 is 1.35 bits per heavy atom. The fourth-order valence-corrected chi connectivity index (χ4v) is 1.86. The summed E-state index contributed by atoms with van der Waals surface area (Å²) >= 11 is 0. The number of aliphatic hydroxyl groups excluding tert-OH is 1. The van der Waals surface area contributed by atoms with Gasteiger partial charge in [-0.15, -0.1) is 0 Å². The third-order valence-corrected chi connectivity index (χ3v) is 3.38. The van der Waals surface area contributed by atoms with E-state index in [1.807, 2.05) is 25.1 Å². The van der Waals surface area contributed by atoms with E-state index in [4.69, 9.17) is 14.6 Å². The molecule has 1 unspecified atom stereocenters. The summed E-state index contributed by atoms with van der Waals surface area (Å²) in [5.74, 6) is 1.70. The fraction of sp³-hybridized carbons (Fsp3) is 0.571. The number of hydrogen-bond donors (Lipinski definition) is 1. The molecule has 0 aromatic heterocycles. The van der Waals surface area contributed by atoms with Crippen molar-refractivity contribution in [1.82, 2.24) is 0 Å². The molecule has 1 saturated carbocycles. The molecule has 3 heteroatoms. The standard InChI is InChI=1S/C14H20O3/c1-10(9-15)11-6-7-13(14(8-11)16-2)17-12-4-3-5-12/h6-8,10,12,15H,3-5,9H2,1-2H3. The first-order valence-corrected chi connectivity index (χ1v) is 6.20. The molecule has 1 fully saturated rings. The van der Waals surface area contributed by atoms with Crippen molar-refractivity contribution in [2.75, 3.05) is 13.7 Å². The summed E-state index contributed by atoms with van der Waals surface area (Å²) in [7, 11) is 1.65. The second kappa shape index (κ2) is 5.41. The fourth-order valence-electron chi connectivity index (χ4n) is 1.86. The molecule has 0 heterocycles. The van der Waals surface area contributed by atoms with E-state index in [0.717, 1.165) is 29.9 Å². The molecule has 0 radical (unpaired) electrons. The summed E-state index contributed by atoms with van der Waals surface area (Å²) in [5, 5.41) is 9.14. The van der Waals surface area contributed by atoms with Crippen molar-refractivity contribution in [3.63, 3.8) is 0 Å². The van der Waals surface area contributed by atoms with Crippen molar-refractivity contribution in [1.29, 1.82) is 0 Å². The molecular formula is C14H20O3. The number of aliphatic hydroxyl groups is 1. The van der Waals surface area contributed by atoms with Crippen molar-refractivity contribution in [2.45, 2.75) is 38.2 Å². The minimum Gasteiger partial charge on any atom is -0.493 e. The second-order valence-corrected chi connectivity index (χ2v) is 4.66. The van der Waals surface area contributed by atoms with Crippen LogP contribution in [0.4, 0.5) is 0 Å². The topological polar surface area (TPSA) is 38.7 Å². The summed E-state index contributed by atoms with van der Waals surface area (Å²) in [5.41, 5.74) is 1.07. The normalized spacial score (nSPS) is 17.4. The van der Waals surface area contributed by atoms with Gasteiger partial charge in [0.2, 0.25) is 0 Å². The average molecular weight is 236 g/mol. The summed E-state index contributed by atoms with van der Waals surface area (Å²) < 4.78 is 11.2. The van der Waals surface area contributed by atoms with Gasteiger partial charge in [-0.1, -0.05) is 13.0 Å². The van der Waals surface area contributed by atoms with Gasteiger partial charge in [0.25, 0.3) is 0 Å². The lowest BCUT2D eigenvalue weighted by molar-refractivity contribution is 0.116. The van der Waals surface area contributed by atoms with E-state index in [1.54, 1.807) is 7.11 Å². The Bertz CT molecular complexity index is 372. The Morgan fingerprint density at radius 2 is 2.12 bits per heavy atom. The van der Waals surface area contributed by atoms with Crippen LogP contribution in [0.25, 0.3) is 0 Å². The first-order chi connectivity index (χ1) is 8.24. The van der Waals surface area contributed by atoms with E-state index in [2.05, 4.69) is 0 Å². The van der Waals surface area contributed by atoms with Gasteiger partial charge in [-0.3, -0.25) is 0 Å². The van der Waals surface area contributed by atoms with Crippen molar-refractivity contribution in [3.05, 3.63) is 23.8 Å². The molecule has 17 heavy (non-hydrogen) atoms. The lowest BCUT2D eigenvalue weighted by Gasteiger charge is -2.27. The summed E-state index contributed by atoms with van der Waals surface area (Å²) in [4.78, 5) is 0. The summed E-state index contributed by atoms with van der Waals surface area (Å²) in [6.45, 7) is 2.13. The van der Waals surface area contributed by atoms with E-state index in [9.17, 15) is 0 Å². The van der Waals surface area contributed by atoms with E-state index >= 15 is 0 Å². The maximum atomic E-state index is 9.14. The minimum atomic E-state index is 0.127. The zero-order valence-electron chi connectivity index (χ0n) is 10.5. The molecule has 94 valence electrons.